The molecule has 0 saturated carbocycles. The number of aromatic nitrogens is 4. The van der Waals surface area contributed by atoms with Crippen molar-refractivity contribution in [1.29, 1.82) is 0 Å². The monoisotopic (exact) mass is 269 g/mol. The predicted octanol–water partition coefficient (Wildman–Crippen LogP) is 1.62. The lowest BCUT2D eigenvalue weighted by Crippen LogP contribution is -2.13. The molecule has 7 nitrogen and oxygen atoms in total. The van der Waals surface area contributed by atoms with Gasteiger partial charge in [0.1, 0.15) is 29.0 Å². The quantitative estimate of drug-likeness (QED) is 0.825. The summed E-state index contributed by atoms with van der Waals surface area (Å²) in [7, 11) is 0. The molecule has 0 bridgehead atoms. The Labute approximate surface area is 108 Å². The molecule has 0 aliphatic carbocycles. The third kappa shape index (κ3) is 3.07. The van der Waals surface area contributed by atoms with Crippen LogP contribution in [0.25, 0.3) is 0 Å². The van der Waals surface area contributed by atoms with Gasteiger partial charge in [-0.1, -0.05) is 16.8 Å². The van der Waals surface area contributed by atoms with Crippen LogP contribution in [0.3, 0.4) is 0 Å². The molecule has 2 rings (SSSR count). The van der Waals surface area contributed by atoms with Gasteiger partial charge < -0.3 is 10.1 Å². The molecule has 2 aromatic heterocycles. The van der Waals surface area contributed by atoms with Crippen molar-refractivity contribution in [2.45, 2.75) is 13.8 Å². The van der Waals surface area contributed by atoms with Crippen LogP contribution in [0.1, 0.15) is 11.5 Å². The molecule has 0 aliphatic heterocycles. The van der Waals surface area contributed by atoms with E-state index in [0.29, 0.717) is 41.4 Å². The minimum absolute atomic E-state index is 0.391. The SMILES string of the molecule is Cc1ncc(Cl)c(NCCOc2nonc2C)n1. The number of ether oxygens (including phenoxy) is 1. The summed E-state index contributed by atoms with van der Waals surface area (Å²) in [5, 5.41) is 10.7. The highest BCUT2D eigenvalue weighted by molar-refractivity contribution is 6.32. The molecule has 18 heavy (non-hydrogen) atoms. The van der Waals surface area contributed by atoms with E-state index in [1.165, 1.54) is 0 Å². The van der Waals surface area contributed by atoms with Gasteiger partial charge in [-0.15, -0.1) is 0 Å². The van der Waals surface area contributed by atoms with Crippen LogP contribution in [-0.4, -0.2) is 33.4 Å². The number of rotatable bonds is 5. The third-order valence-corrected chi connectivity index (χ3v) is 2.39. The van der Waals surface area contributed by atoms with E-state index in [9.17, 15) is 0 Å². The molecule has 0 unspecified atom stereocenters. The fourth-order valence-electron chi connectivity index (χ4n) is 1.25. The van der Waals surface area contributed by atoms with Gasteiger partial charge in [-0.2, -0.15) is 0 Å². The highest BCUT2D eigenvalue weighted by atomic mass is 35.5. The maximum absolute atomic E-state index is 5.93. The summed E-state index contributed by atoms with van der Waals surface area (Å²) in [5.41, 5.74) is 0.617. The Morgan fingerprint density at radius 2 is 2.22 bits per heavy atom. The number of nitrogens with one attached hydrogen (secondary N) is 1. The highest BCUT2D eigenvalue weighted by Crippen LogP contribution is 2.17. The molecule has 0 fully saturated rings. The maximum Gasteiger partial charge on any atom is 0.278 e. The molecule has 0 aliphatic rings. The van der Waals surface area contributed by atoms with Crippen molar-refractivity contribution in [3.05, 3.63) is 22.7 Å². The average Bonchev–Trinajstić information content (AvgIpc) is 2.75. The number of hydrogen-bond donors (Lipinski definition) is 1. The van der Waals surface area contributed by atoms with Gasteiger partial charge in [-0.3, -0.25) is 0 Å². The number of hydrogen-bond acceptors (Lipinski definition) is 7. The molecule has 96 valence electrons. The zero-order chi connectivity index (χ0) is 13.0. The number of halogens is 1. The number of aryl methyl sites for hydroxylation is 2. The summed E-state index contributed by atoms with van der Waals surface area (Å²) >= 11 is 5.93. The van der Waals surface area contributed by atoms with E-state index in [2.05, 4.69) is 30.2 Å². The van der Waals surface area contributed by atoms with E-state index < -0.39 is 0 Å². The van der Waals surface area contributed by atoms with Crippen molar-refractivity contribution in [1.82, 2.24) is 20.3 Å². The smallest absolute Gasteiger partial charge is 0.278 e. The van der Waals surface area contributed by atoms with E-state index in [0.717, 1.165) is 0 Å². The summed E-state index contributed by atoms with van der Waals surface area (Å²) < 4.78 is 9.86. The lowest BCUT2D eigenvalue weighted by atomic mass is 10.5. The lowest BCUT2D eigenvalue weighted by Gasteiger charge is -2.07. The summed E-state index contributed by atoms with van der Waals surface area (Å²) in [6.07, 6.45) is 1.55. The van der Waals surface area contributed by atoms with Crippen molar-refractivity contribution in [2.75, 3.05) is 18.5 Å². The second-order valence-electron chi connectivity index (χ2n) is 3.54. The van der Waals surface area contributed by atoms with E-state index in [1.807, 2.05) is 0 Å². The highest BCUT2D eigenvalue weighted by Gasteiger charge is 2.06. The van der Waals surface area contributed by atoms with Gasteiger partial charge in [0.2, 0.25) is 0 Å². The summed E-state index contributed by atoms with van der Waals surface area (Å²) in [4.78, 5) is 8.14. The molecule has 0 radical (unpaired) electrons. The minimum atomic E-state index is 0.391. The van der Waals surface area contributed by atoms with Gasteiger partial charge >= 0.3 is 0 Å². The molecular formula is C10H12ClN5O2. The minimum Gasteiger partial charge on any atom is -0.472 e. The topological polar surface area (TPSA) is 86.0 Å². The second-order valence-corrected chi connectivity index (χ2v) is 3.95. The van der Waals surface area contributed by atoms with Crippen molar-refractivity contribution >= 4 is 17.4 Å². The Kier molecular flexibility index (Phi) is 3.93. The fourth-order valence-corrected chi connectivity index (χ4v) is 1.41. The average molecular weight is 270 g/mol. The van der Waals surface area contributed by atoms with Crippen molar-refractivity contribution < 1.29 is 9.37 Å². The Hall–Kier alpha value is -1.89. The van der Waals surface area contributed by atoms with Crippen LogP contribution < -0.4 is 10.1 Å². The largest absolute Gasteiger partial charge is 0.472 e. The molecule has 2 heterocycles. The van der Waals surface area contributed by atoms with Gasteiger partial charge in [0, 0.05) is 0 Å². The summed E-state index contributed by atoms with van der Waals surface area (Å²) in [6, 6.07) is 0. The van der Waals surface area contributed by atoms with Crippen LogP contribution in [0, 0.1) is 13.8 Å². The Balaban J connectivity index is 1.82. The van der Waals surface area contributed by atoms with Gasteiger partial charge in [-0.25, -0.2) is 14.6 Å². The molecule has 0 atom stereocenters. The molecule has 0 saturated heterocycles. The summed E-state index contributed by atoms with van der Waals surface area (Å²) in [5.74, 6) is 1.63. The van der Waals surface area contributed by atoms with Crippen LogP contribution >= 0.6 is 11.6 Å². The molecule has 1 N–H and O–H groups in total. The van der Waals surface area contributed by atoms with Gasteiger partial charge in [0.05, 0.1) is 12.7 Å². The first-order valence-corrected chi connectivity index (χ1v) is 5.69. The van der Waals surface area contributed by atoms with E-state index >= 15 is 0 Å². The normalized spacial score (nSPS) is 10.4. The first-order chi connectivity index (χ1) is 8.66. The van der Waals surface area contributed by atoms with Crippen LogP contribution in [-0.2, 0) is 0 Å². The first-order valence-electron chi connectivity index (χ1n) is 5.32. The van der Waals surface area contributed by atoms with Crippen LogP contribution in [0.5, 0.6) is 5.88 Å². The molecule has 2 aromatic rings. The van der Waals surface area contributed by atoms with E-state index in [1.54, 1.807) is 20.0 Å². The van der Waals surface area contributed by atoms with Crippen LogP contribution in [0.2, 0.25) is 5.02 Å². The maximum atomic E-state index is 5.93. The van der Waals surface area contributed by atoms with Crippen LogP contribution in [0.4, 0.5) is 5.82 Å². The molecule has 0 spiro atoms. The van der Waals surface area contributed by atoms with Gasteiger partial charge in [0.25, 0.3) is 5.88 Å². The second kappa shape index (κ2) is 5.63. The van der Waals surface area contributed by atoms with E-state index in [-0.39, 0.29) is 0 Å². The Bertz CT molecular complexity index is 531. The van der Waals surface area contributed by atoms with Crippen molar-refractivity contribution in [3.63, 3.8) is 0 Å². The summed E-state index contributed by atoms with van der Waals surface area (Å²) in [6.45, 7) is 4.48. The van der Waals surface area contributed by atoms with Crippen molar-refractivity contribution in [3.8, 4) is 5.88 Å². The van der Waals surface area contributed by atoms with Crippen LogP contribution in [0.15, 0.2) is 10.8 Å². The standard InChI is InChI=1S/C10H12ClN5O2/c1-6-10(16-18-15-6)17-4-3-12-9-8(11)5-13-7(2)14-9/h5H,3-4H2,1-2H3,(H,12,13,14). The Morgan fingerprint density at radius 3 is 2.94 bits per heavy atom. The van der Waals surface area contributed by atoms with Crippen molar-refractivity contribution in [2.24, 2.45) is 0 Å². The molecule has 8 heteroatoms. The lowest BCUT2D eigenvalue weighted by molar-refractivity contribution is 0.261. The zero-order valence-electron chi connectivity index (χ0n) is 9.97. The first kappa shape index (κ1) is 12.6. The molecule has 0 aromatic carbocycles. The number of nitrogens with zero attached hydrogens (tertiary/aromatic N) is 4. The third-order valence-electron chi connectivity index (χ3n) is 2.11. The van der Waals surface area contributed by atoms with Gasteiger partial charge in [-0.05, 0) is 19.0 Å². The zero-order valence-corrected chi connectivity index (χ0v) is 10.7. The molecule has 0 amide bonds. The van der Waals surface area contributed by atoms with E-state index in [4.69, 9.17) is 16.3 Å². The molecular weight excluding hydrogens is 258 g/mol. The number of anilines is 1. The Morgan fingerprint density at radius 1 is 1.39 bits per heavy atom. The fraction of sp³-hybridized carbons (Fsp3) is 0.400. The predicted molar refractivity (Wildman–Crippen MR) is 64.8 cm³/mol. The van der Waals surface area contributed by atoms with Gasteiger partial charge in [0.15, 0.2) is 0 Å².